The first-order valence-electron chi connectivity index (χ1n) is 13.0. The molecule has 1 aliphatic carbocycles. The fourth-order valence-corrected chi connectivity index (χ4v) is 4.94. The number of esters is 1. The smallest absolute Gasteiger partial charge is 0.343 e. The summed E-state index contributed by atoms with van der Waals surface area (Å²) in [6.07, 6.45) is 9.06. The topological polar surface area (TPSA) is 94.6 Å². The number of amides is 1. The normalized spacial score (nSPS) is 17.6. The summed E-state index contributed by atoms with van der Waals surface area (Å²) in [7, 11) is 0. The van der Waals surface area contributed by atoms with E-state index in [1.54, 1.807) is 33.4 Å². The lowest BCUT2D eigenvalue weighted by molar-refractivity contribution is -0.123. The summed E-state index contributed by atoms with van der Waals surface area (Å²) in [6.45, 7) is 6.58. The molecule has 1 aliphatic rings. The highest BCUT2D eigenvalue weighted by atomic mass is 16.5. The van der Waals surface area contributed by atoms with Crippen LogP contribution in [-0.4, -0.2) is 49.4 Å². The average molecular weight is 501 g/mol. The highest BCUT2D eigenvalue weighted by Crippen LogP contribution is 2.32. The molecule has 37 heavy (non-hydrogen) atoms. The predicted molar refractivity (Wildman–Crippen MR) is 141 cm³/mol. The number of ether oxygens (including phenoxy) is 1. The lowest BCUT2D eigenvalue weighted by atomic mass is 9.82. The van der Waals surface area contributed by atoms with Crippen LogP contribution in [0.5, 0.6) is 0 Å². The van der Waals surface area contributed by atoms with Crippen molar-refractivity contribution >= 4 is 23.3 Å². The van der Waals surface area contributed by atoms with E-state index in [4.69, 9.17) is 9.84 Å². The first kappa shape index (κ1) is 24.7. The Morgan fingerprint density at radius 1 is 1.08 bits per heavy atom. The van der Waals surface area contributed by atoms with E-state index in [1.807, 2.05) is 49.5 Å². The van der Waals surface area contributed by atoms with Crippen molar-refractivity contribution in [3.63, 3.8) is 0 Å². The molecule has 9 nitrogen and oxygen atoms in total. The van der Waals surface area contributed by atoms with E-state index in [2.05, 4.69) is 17.0 Å². The van der Waals surface area contributed by atoms with Gasteiger partial charge in [-0.15, -0.1) is 5.10 Å². The van der Waals surface area contributed by atoms with E-state index < -0.39 is 5.97 Å². The van der Waals surface area contributed by atoms with Crippen molar-refractivity contribution in [2.24, 2.45) is 11.8 Å². The Hall–Kier alpha value is -4.01. The molecule has 0 unspecified atom stereocenters. The summed E-state index contributed by atoms with van der Waals surface area (Å²) in [5.74, 6) is 0.492. The zero-order chi connectivity index (χ0) is 25.9. The van der Waals surface area contributed by atoms with Gasteiger partial charge in [0.25, 0.3) is 0 Å². The van der Waals surface area contributed by atoms with Gasteiger partial charge in [-0.3, -0.25) is 9.69 Å². The van der Waals surface area contributed by atoms with Crippen LogP contribution in [0.3, 0.4) is 0 Å². The second-order valence-electron chi connectivity index (χ2n) is 9.57. The number of rotatable bonds is 7. The molecule has 1 amide bonds. The quantitative estimate of drug-likeness (QED) is 0.334. The number of anilines is 1. The summed E-state index contributed by atoms with van der Waals surface area (Å²) in [5, 5.41) is 9.29. The van der Waals surface area contributed by atoms with Crippen molar-refractivity contribution in [3.8, 4) is 16.9 Å². The van der Waals surface area contributed by atoms with Gasteiger partial charge in [0, 0.05) is 42.7 Å². The van der Waals surface area contributed by atoms with Crippen LogP contribution >= 0.6 is 0 Å². The van der Waals surface area contributed by atoms with Gasteiger partial charge in [-0.1, -0.05) is 19.1 Å². The van der Waals surface area contributed by atoms with E-state index in [1.165, 1.54) is 0 Å². The van der Waals surface area contributed by atoms with Gasteiger partial charge < -0.3 is 4.74 Å². The molecule has 0 spiro atoms. The van der Waals surface area contributed by atoms with Gasteiger partial charge in [0.05, 0.1) is 18.0 Å². The third kappa shape index (κ3) is 4.98. The maximum absolute atomic E-state index is 13.5. The number of carbonyl (C=O) groups excluding carboxylic acids is 2. The Labute approximate surface area is 216 Å². The number of hydrogen-bond donors (Lipinski definition) is 0. The summed E-state index contributed by atoms with van der Waals surface area (Å²) >= 11 is 0. The molecule has 9 heteroatoms. The molecule has 0 radical (unpaired) electrons. The SMILES string of the molecule is CCOC(=O)c1cn(-c2ccc(-c3cc4ncccn4n3)cc2)nc1N(CC)C(=O)C1CCC(C)CC1. The second kappa shape index (κ2) is 10.5. The number of fused-ring (bicyclic) bond motifs is 1. The Bertz CT molecular complexity index is 1370. The van der Waals surface area contributed by atoms with Crippen molar-refractivity contribution in [2.75, 3.05) is 18.1 Å². The fraction of sp³-hybridized carbons (Fsp3) is 0.393. The highest BCUT2D eigenvalue weighted by Gasteiger charge is 2.32. The van der Waals surface area contributed by atoms with Gasteiger partial charge in [-0.2, -0.15) is 5.10 Å². The van der Waals surface area contributed by atoms with Crippen LogP contribution in [0.25, 0.3) is 22.6 Å². The summed E-state index contributed by atoms with van der Waals surface area (Å²) in [5.41, 5.74) is 3.57. The summed E-state index contributed by atoms with van der Waals surface area (Å²) < 4.78 is 8.68. The van der Waals surface area contributed by atoms with E-state index in [0.29, 0.717) is 18.3 Å². The maximum atomic E-state index is 13.5. The molecule has 0 atom stereocenters. The minimum Gasteiger partial charge on any atom is -0.462 e. The number of carbonyl (C=O) groups is 2. The van der Waals surface area contributed by atoms with Crippen LogP contribution in [0.2, 0.25) is 0 Å². The van der Waals surface area contributed by atoms with Gasteiger partial charge in [0.15, 0.2) is 11.5 Å². The van der Waals surface area contributed by atoms with Gasteiger partial charge in [0.2, 0.25) is 5.91 Å². The van der Waals surface area contributed by atoms with Gasteiger partial charge in [0.1, 0.15) is 5.56 Å². The van der Waals surface area contributed by atoms with Crippen LogP contribution in [0.15, 0.2) is 55.0 Å². The average Bonchev–Trinajstić information content (AvgIpc) is 3.55. The molecule has 3 aromatic heterocycles. The molecule has 5 rings (SSSR count). The maximum Gasteiger partial charge on any atom is 0.343 e. The minimum absolute atomic E-state index is 0.0287. The number of aromatic nitrogens is 5. The molecule has 192 valence electrons. The predicted octanol–water partition coefficient (Wildman–Crippen LogP) is 4.94. The van der Waals surface area contributed by atoms with Crippen molar-refractivity contribution in [3.05, 3.63) is 60.6 Å². The molecule has 1 saturated carbocycles. The first-order valence-corrected chi connectivity index (χ1v) is 13.0. The standard InChI is InChI=1S/C28H32N6O3/c1-4-32(27(35)21-9-7-19(3)8-10-21)26-23(28(36)37-5-2)18-34(31-26)22-13-11-20(12-14-22)24-17-25-29-15-6-16-33(25)30-24/h6,11-19,21H,4-5,7-10H2,1-3H3. The van der Waals surface area contributed by atoms with Crippen molar-refractivity contribution in [1.29, 1.82) is 0 Å². The van der Waals surface area contributed by atoms with Crippen LogP contribution in [0, 0.1) is 11.8 Å². The molecular weight excluding hydrogens is 468 g/mol. The lowest BCUT2D eigenvalue weighted by Gasteiger charge is -2.29. The van der Waals surface area contributed by atoms with Crippen molar-refractivity contribution in [2.45, 2.75) is 46.5 Å². The Morgan fingerprint density at radius 2 is 1.84 bits per heavy atom. The lowest BCUT2D eigenvalue weighted by Crippen LogP contribution is -2.38. The molecule has 1 aromatic carbocycles. The number of nitrogens with zero attached hydrogens (tertiary/aromatic N) is 6. The number of hydrogen-bond acceptors (Lipinski definition) is 6. The molecule has 1 fully saturated rings. The van der Waals surface area contributed by atoms with Gasteiger partial charge in [-0.05, 0) is 63.6 Å². The summed E-state index contributed by atoms with van der Waals surface area (Å²) in [4.78, 5) is 32.3. The van der Waals surface area contributed by atoms with Crippen LogP contribution in [0.4, 0.5) is 5.82 Å². The fourth-order valence-electron chi connectivity index (χ4n) is 4.94. The third-order valence-electron chi connectivity index (χ3n) is 7.06. The molecule has 0 aliphatic heterocycles. The molecule has 3 heterocycles. The molecule has 0 saturated heterocycles. The Morgan fingerprint density at radius 3 is 2.51 bits per heavy atom. The zero-order valence-corrected chi connectivity index (χ0v) is 21.5. The third-order valence-corrected chi connectivity index (χ3v) is 7.06. The summed E-state index contributed by atoms with van der Waals surface area (Å²) in [6, 6.07) is 11.5. The zero-order valence-electron chi connectivity index (χ0n) is 21.5. The molecule has 0 N–H and O–H groups in total. The van der Waals surface area contributed by atoms with Crippen molar-refractivity contribution < 1.29 is 14.3 Å². The van der Waals surface area contributed by atoms with E-state index in [9.17, 15) is 9.59 Å². The van der Waals surface area contributed by atoms with Crippen molar-refractivity contribution in [1.82, 2.24) is 24.4 Å². The Balaban J connectivity index is 1.46. The minimum atomic E-state index is -0.485. The van der Waals surface area contributed by atoms with Crippen LogP contribution < -0.4 is 4.90 Å². The number of benzene rings is 1. The second-order valence-corrected chi connectivity index (χ2v) is 9.57. The van der Waals surface area contributed by atoms with Crippen LogP contribution in [0.1, 0.15) is 56.8 Å². The highest BCUT2D eigenvalue weighted by molar-refractivity contribution is 6.02. The molecule has 0 bridgehead atoms. The first-order chi connectivity index (χ1) is 18.0. The molecule has 4 aromatic rings. The van der Waals surface area contributed by atoms with E-state index in [0.717, 1.165) is 48.3 Å². The van der Waals surface area contributed by atoms with E-state index >= 15 is 0 Å². The van der Waals surface area contributed by atoms with Gasteiger partial charge in [-0.25, -0.2) is 19.0 Å². The molecular formula is C28H32N6O3. The Kier molecular flexibility index (Phi) is 7.03. The van der Waals surface area contributed by atoms with E-state index in [-0.39, 0.29) is 24.0 Å². The monoisotopic (exact) mass is 500 g/mol. The largest absolute Gasteiger partial charge is 0.462 e. The van der Waals surface area contributed by atoms with Gasteiger partial charge >= 0.3 is 5.97 Å². The van der Waals surface area contributed by atoms with Crippen LogP contribution in [-0.2, 0) is 9.53 Å².